The Balaban J connectivity index is -0.00000255. The number of carboxylic acid groups (broad SMARTS) is 1. The van der Waals surface area contributed by atoms with Crippen molar-refractivity contribution in [2.45, 2.75) is 272 Å². The summed E-state index contributed by atoms with van der Waals surface area (Å²) in [5.74, 6) is -3.62. The van der Waals surface area contributed by atoms with Gasteiger partial charge in [-0.1, -0.05) is 57.9 Å². The SMILES string of the molecule is CCCCCCCC(=O)O[C@H](COC(=O)CCCCCCCNC(=O)c1ccc(-c2c3ccc(=O)cc-3oc3cc(O)ccc23)c(C(=O)O)c1)COP(=O)([O-])OC1[C@H](O)[C@H](OP(=O)([O-])[O-])C(OP(=O)([O-])[O-])[C@H](OP(=O)([O-])[O-])[C@H]1O.CC[NH+](CC)CC.CC[NH+](CC)CC.CC[NH+](CC)CC.CC[NH+](CC)CC.CC[NH+](CC)CC.CC[NH+](CC)CC.CC[NH+](CC)CC. The number of aliphatic hydroxyl groups excluding tert-OH is 2. The van der Waals surface area contributed by atoms with Crippen LogP contribution in [0.25, 0.3) is 33.4 Å². The number of aliphatic hydroxyl groups is 2. The highest BCUT2D eigenvalue weighted by atomic mass is 31.2. The van der Waals surface area contributed by atoms with Gasteiger partial charge in [-0.25, -0.2) is 4.79 Å². The van der Waals surface area contributed by atoms with Crippen molar-refractivity contribution in [2.24, 2.45) is 0 Å². The minimum Gasteiger partial charge on any atom is -0.790 e. The van der Waals surface area contributed by atoms with Gasteiger partial charge in [0.15, 0.2) is 11.5 Å². The van der Waals surface area contributed by atoms with Crippen LogP contribution in [-0.2, 0) is 59.9 Å². The lowest BCUT2D eigenvalue weighted by Gasteiger charge is -2.52. The van der Waals surface area contributed by atoms with Crippen LogP contribution in [0, 0.1) is 0 Å². The molecule has 1 saturated carbocycles. The number of rotatable bonds is 52. The third-order valence-electron chi connectivity index (χ3n) is 22.4. The predicted octanol–water partition coefficient (Wildman–Crippen LogP) is -0.381. The second-order valence-corrected chi connectivity index (χ2v) is 35.3. The minimum absolute atomic E-state index is 0.0469. The number of phosphoric ester groups is 4. The van der Waals surface area contributed by atoms with Crippen LogP contribution < -0.4 is 79.3 Å². The van der Waals surface area contributed by atoms with E-state index in [-0.39, 0.29) is 65.0 Å². The van der Waals surface area contributed by atoms with Crippen LogP contribution >= 0.6 is 31.3 Å². The Bertz CT molecular complexity index is 3600. The largest absolute Gasteiger partial charge is 0.790 e. The first-order chi connectivity index (χ1) is 60.4. The molecule has 8 atom stereocenters. The van der Waals surface area contributed by atoms with Gasteiger partial charge >= 0.3 is 17.9 Å². The number of esters is 2. The minimum atomic E-state index is -6.42. The molecule has 746 valence electrons. The number of amides is 1. The number of phosphoric acid groups is 4. The van der Waals surface area contributed by atoms with Gasteiger partial charge in [0.1, 0.15) is 60.3 Å². The number of carbonyl (C=O) groups excluding carboxylic acids is 3. The van der Waals surface area contributed by atoms with Gasteiger partial charge in [-0.3, -0.25) is 23.7 Å². The molecule has 1 aliphatic heterocycles. The topological polar surface area (TPSA) is 517 Å². The van der Waals surface area contributed by atoms with E-state index in [9.17, 15) is 96.9 Å². The van der Waals surface area contributed by atoms with Gasteiger partial charge in [-0.2, -0.15) is 0 Å². The Labute approximate surface area is 764 Å². The molecular formula is C88H166N8O28P4. The number of aromatic carboxylic acids is 1. The number of nitrogens with one attached hydrogen (secondary N) is 8. The molecule has 128 heavy (non-hydrogen) atoms. The van der Waals surface area contributed by atoms with Crippen molar-refractivity contribution >= 4 is 66.1 Å². The number of phenols is 1. The summed E-state index contributed by atoms with van der Waals surface area (Å²) in [7, 11) is -25.3. The fourth-order valence-electron chi connectivity index (χ4n) is 13.6. The van der Waals surface area contributed by atoms with E-state index in [1.54, 1.807) is 40.4 Å². The molecule has 5 rings (SSSR count). The third kappa shape index (κ3) is 55.5. The molecule has 0 radical (unpaired) electrons. The number of carbonyl (C=O) groups is 4. The van der Waals surface area contributed by atoms with Crippen molar-refractivity contribution < 1.29 is 163 Å². The van der Waals surface area contributed by atoms with Crippen LogP contribution in [0.2, 0.25) is 0 Å². The molecule has 0 saturated heterocycles. The van der Waals surface area contributed by atoms with Crippen LogP contribution in [0.3, 0.4) is 0 Å². The molecule has 3 aliphatic rings. The highest BCUT2D eigenvalue weighted by molar-refractivity contribution is 7.46. The predicted molar refractivity (Wildman–Crippen MR) is 483 cm³/mol. The second kappa shape index (κ2) is 72.4. The summed E-state index contributed by atoms with van der Waals surface area (Å²) in [6.07, 6.45) is -14.5. The van der Waals surface area contributed by atoms with Crippen molar-refractivity contribution in [2.75, 3.05) is 157 Å². The van der Waals surface area contributed by atoms with Crippen LogP contribution in [0.5, 0.6) is 5.75 Å². The summed E-state index contributed by atoms with van der Waals surface area (Å²) in [4.78, 5) is 157. The maximum atomic E-state index is 13.2. The zero-order chi connectivity index (χ0) is 98.3. The Morgan fingerprint density at radius 1 is 0.430 bits per heavy atom. The zero-order valence-electron chi connectivity index (χ0n) is 81.1. The number of carboxylic acids is 1. The van der Waals surface area contributed by atoms with E-state index in [0.717, 1.165) is 19.3 Å². The van der Waals surface area contributed by atoms with E-state index in [4.69, 9.17) is 18.4 Å². The number of unbranched alkanes of at least 4 members (excludes halogenated alkanes) is 8. The Hall–Kier alpha value is -5.11. The van der Waals surface area contributed by atoms with Crippen molar-refractivity contribution in [3.8, 4) is 28.2 Å². The van der Waals surface area contributed by atoms with Gasteiger partial charge in [0, 0.05) is 53.6 Å². The highest BCUT2D eigenvalue weighted by Gasteiger charge is 2.55. The summed E-state index contributed by atoms with van der Waals surface area (Å²) >= 11 is 0. The van der Waals surface area contributed by atoms with E-state index in [1.165, 1.54) is 186 Å². The third-order valence-corrected chi connectivity index (χ3v) is 24.9. The zero-order valence-corrected chi connectivity index (χ0v) is 84.6. The first kappa shape index (κ1) is 127. The first-order valence-corrected chi connectivity index (χ1v) is 52.4. The van der Waals surface area contributed by atoms with Gasteiger partial charge in [-0.05, 0) is 207 Å². The van der Waals surface area contributed by atoms with Gasteiger partial charge in [0.2, 0.25) is 0 Å². The maximum Gasteiger partial charge on any atom is 0.336 e. The van der Waals surface area contributed by atoms with Crippen molar-refractivity contribution in [1.82, 2.24) is 5.32 Å². The standard InChI is InChI=1S/C46H61NO28P4.7C6H15N/c1-2-3-4-6-10-13-37(51)70-29(25-69-79(66,67)75-41-39(52)42(72-76(57,58)59)44(74-78(63,64)65)43(40(41)53)73-77(60,61)62)24-68-36(50)12-9-7-5-8-11-20-47-45(54)26-14-17-30(33(21-26)46(55)56)38-31-18-15-27(48)22-34(31)71-35-23-28(49)16-19-32(35)38;7*1-4-7(5-2)6-3/h14-19,21-23,29,39-44,48,52-53H,2-13,20,24-25H2,1H3,(H,47,54)(H,55,56)(H,66,67)(H2,57,58,59)(H2,60,61,62)(H2,63,64,65);7*4-6H2,1-3H3/t29-,39+,40+,41?,42-,43+,44?;;;;;;;/m1......./s1. The monoisotopic (exact) mass is 1910 g/mol. The van der Waals surface area contributed by atoms with Gasteiger partial charge in [0.25, 0.3) is 13.7 Å². The fraction of sp³-hybridized carbons (Fsp3) is 0.739. The normalized spacial score (nSPS) is 16.4. The summed E-state index contributed by atoms with van der Waals surface area (Å²) in [5.41, 5.74) is 0.694. The summed E-state index contributed by atoms with van der Waals surface area (Å²) in [5, 5.41) is 45.0. The number of ether oxygens (including phenoxy) is 2. The molecule has 12 N–H and O–H groups in total. The molecule has 2 aromatic carbocycles. The summed E-state index contributed by atoms with van der Waals surface area (Å²) in [6.45, 7) is 73.5. The van der Waals surface area contributed by atoms with E-state index in [2.05, 4.69) is 169 Å². The Morgan fingerprint density at radius 2 is 0.797 bits per heavy atom. The van der Waals surface area contributed by atoms with E-state index in [0.29, 0.717) is 55.0 Å². The highest BCUT2D eigenvalue weighted by Crippen LogP contribution is 2.49. The summed E-state index contributed by atoms with van der Waals surface area (Å²) in [6, 6.07) is 12.4. The fourth-order valence-corrected chi connectivity index (χ4v) is 16.2. The van der Waals surface area contributed by atoms with E-state index in [1.807, 2.05) is 6.92 Å². The van der Waals surface area contributed by atoms with Crippen LogP contribution in [0.15, 0.2) is 63.8 Å². The van der Waals surface area contributed by atoms with Gasteiger partial charge in [0.05, 0.1) is 173 Å². The van der Waals surface area contributed by atoms with E-state index < -0.39 is 111 Å². The summed E-state index contributed by atoms with van der Waals surface area (Å²) < 4.78 is 85.0. The van der Waals surface area contributed by atoms with E-state index >= 15 is 0 Å². The smallest absolute Gasteiger partial charge is 0.336 e. The molecule has 1 heterocycles. The quantitative estimate of drug-likeness (QED) is 0.0116. The molecule has 40 heteroatoms. The number of quaternary nitrogens is 7. The second-order valence-electron chi connectivity index (χ2n) is 30.6. The molecule has 36 nitrogen and oxygen atoms in total. The molecule has 1 fully saturated rings. The van der Waals surface area contributed by atoms with Gasteiger partial charge in [-0.15, -0.1) is 0 Å². The van der Waals surface area contributed by atoms with Crippen LogP contribution in [0.4, 0.5) is 0 Å². The van der Waals surface area contributed by atoms with Crippen molar-refractivity contribution in [3.63, 3.8) is 0 Å². The molecular weight excluding hydrogens is 1740 g/mol. The molecule has 2 aromatic rings. The molecule has 1 amide bonds. The van der Waals surface area contributed by atoms with Crippen LogP contribution in [0.1, 0.15) is 250 Å². The average Bonchev–Trinajstić information content (AvgIpc) is 0.752. The lowest BCUT2D eigenvalue weighted by atomic mass is 9.85. The number of benzene rings is 3. The Kier molecular flexibility index (Phi) is 71.8. The molecule has 3 unspecified atom stereocenters. The lowest BCUT2D eigenvalue weighted by molar-refractivity contribution is -0.894. The van der Waals surface area contributed by atoms with Crippen LogP contribution in [-0.4, -0.2) is 244 Å². The number of aromatic hydroxyl groups is 1. The van der Waals surface area contributed by atoms with Crippen molar-refractivity contribution in [3.05, 3.63) is 75.9 Å². The lowest BCUT2D eigenvalue weighted by Crippen LogP contribution is -3.11. The number of hydrogen-bond acceptors (Lipinski definition) is 27. The number of hydrogen-bond donors (Lipinski definition) is 12. The first-order valence-electron chi connectivity index (χ1n) is 46.6. The molecule has 0 aromatic heterocycles. The van der Waals surface area contributed by atoms with Crippen molar-refractivity contribution in [1.29, 1.82) is 0 Å². The maximum absolute atomic E-state index is 13.2. The van der Waals surface area contributed by atoms with Gasteiger partial charge < -0.3 is 145 Å². The number of fused-ring (bicyclic) bond motifs is 2. The average molecular weight is 1910 g/mol. The molecule has 0 spiro atoms. The molecule has 2 aliphatic carbocycles. The number of phenolic OH excluding ortho intramolecular Hbond substituents is 1. The Morgan fingerprint density at radius 3 is 1.17 bits per heavy atom. The molecule has 0 bridgehead atoms.